The van der Waals surface area contributed by atoms with Crippen molar-refractivity contribution in [2.45, 2.75) is 43.0 Å². The van der Waals surface area contributed by atoms with Crippen LogP contribution in [-0.4, -0.2) is 69.2 Å². The highest BCUT2D eigenvalue weighted by Gasteiger charge is 2.42. The SMILES string of the molecule is C[C@@H](OC(=O)[C@H]1CCCN1S(=O)(=O)c1ccc2c(c1)OCCO2)C(=O)NCC(F)(F)F. The summed E-state index contributed by atoms with van der Waals surface area (Å²) in [6.07, 6.45) is -5.61. The molecule has 0 aliphatic carbocycles. The molecule has 0 spiro atoms. The van der Waals surface area contributed by atoms with Crippen molar-refractivity contribution in [1.82, 2.24) is 9.62 Å². The number of hydrogen-bond donors (Lipinski definition) is 1. The Morgan fingerprint density at radius 3 is 2.61 bits per heavy atom. The number of sulfonamides is 1. The lowest BCUT2D eigenvalue weighted by Gasteiger charge is -2.25. The number of carbonyl (C=O) groups excluding carboxylic acids is 2. The molecule has 2 heterocycles. The van der Waals surface area contributed by atoms with E-state index in [4.69, 9.17) is 14.2 Å². The Labute approximate surface area is 176 Å². The van der Waals surface area contributed by atoms with Crippen LogP contribution < -0.4 is 14.8 Å². The first kappa shape index (κ1) is 23.1. The number of nitrogens with zero attached hydrogens (tertiary/aromatic N) is 1. The van der Waals surface area contributed by atoms with Crippen LogP contribution in [0, 0.1) is 0 Å². The third-order valence-electron chi connectivity index (χ3n) is 4.72. The Balaban J connectivity index is 1.69. The average Bonchev–Trinajstić information content (AvgIpc) is 3.22. The van der Waals surface area contributed by atoms with Gasteiger partial charge in [0.05, 0.1) is 4.90 Å². The molecule has 9 nitrogen and oxygen atoms in total. The van der Waals surface area contributed by atoms with Crippen LogP contribution in [0.2, 0.25) is 0 Å². The number of rotatable bonds is 6. The number of esters is 1. The van der Waals surface area contributed by atoms with Gasteiger partial charge in [-0.3, -0.25) is 9.59 Å². The van der Waals surface area contributed by atoms with Gasteiger partial charge in [0, 0.05) is 12.6 Å². The van der Waals surface area contributed by atoms with Crippen molar-refractivity contribution >= 4 is 21.9 Å². The van der Waals surface area contributed by atoms with E-state index in [-0.39, 0.29) is 30.2 Å². The van der Waals surface area contributed by atoms with Crippen molar-refractivity contribution in [1.29, 1.82) is 0 Å². The fraction of sp³-hybridized carbons (Fsp3) is 0.556. The van der Waals surface area contributed by atoms with E-state index in [0.717, 1.165) is 11.2 Å². The Kier molecular flexibility index (Phi) is 6.65. The van der Waals surface area contributed by atoms with Gasteiger partial charge in [-0.2, -0.15) is 17.5 Å². The first-order valence-electron chi connectivity index (χ1n) is 9.45. The normalized spacial score (nSPS) is 20.2. The van der Waals surface area contributed by atoms with E-state index >= 15 is 0 Å². The van der Waals surface area contributed by atoms with Crippen molar-refractivity contribution in [3.05, 3.63) is 18.2 Å². The minimum absolute atomic E-state index is 0.0468. The molecule has 2 atom stereocenters. The molecule has 0 aromatic heterocycles. The molecular formula is C18H21F3N2O7S. The van der Waals surface area contributed by atoms with E-state index in [1.807, 2.05) is 0 Å². The summed E-state index contributed by atoms with van der Waals surface area (Å²) in [5.74, 6) is -1.47. The molecule has 3 rings (SSSR count). The molecular weight excluding hydrogens is 445 g/mol. The lowest BCUT2D eigenvalue weighted by atomic mass is 10.2. The highest BCUT2D eigenvalue weighted by atomic mass is 32.2. The van der Waals surface area contributed by atoms with E-state index < -0.39 is 46.8 Å². The second kappa shape index (κ2) is 8.91. The Morgan fingerprint density at radius 2 is 1.94 bits per heavy atom. The zero-order chi connectivity index (χ0) is 22.8. The number of halogens is 3. The average molecular weight is 466 g/mol. The number of alkyl halides is 3. The Bertz CT molecular complexity index is 952. The van der Waals surface area contributed by atoms with Crippen LogP contribution in [0.5, 0.6) is 11.5 Å². The van der Waals surface area contributed by atoms with Crippen molar-refractivity contribution in [2.75, 3.05) is 26.3 Å². The minimum atomic E-state index is -4.61. The van der Waals surface area contributed by atoms with Crippen LogP contribution >= 0.6 is 0 Å². The number of fused-ring (bicyclic) bond motifs is 1. The van der Waals surface area contributed by atoms with Gasteiger partial charge in [0.15, 0.2) is 17.6 Å². The predicted octanol–water partition coefficient (Wildman–Crippen LogP) is 1.22. The zero-order valence-electron chi connectivity index (χ0n) is 16.5. The molecule has 2 aliphatic rings. The quantitative estimate of drug-likeness (QED) is 0.628. The van der Waals surface area contributed by atoms with Gasteiger partial charge in [-0.15, -0.1) is 0 Å². The number of benzene rings is 1. The van der Waals surface area contributed by atoms with Gasteiger partial charge in [-0.05, 0) is 31.9 Å². The van der Waals surface area contributed by atoms with Crippen LogP contribution in [0.25, 0.3) is 0 Å². The Morgan fingerprint density at radius 1 is 1.26 bits per heavy atom. The molecule has 1 amide bonds. The van der Waals surface area contributed by atoms with Crippen LogP contribution in [0.1, 0.15) is 19.8 Å². The molecule has 0 unspecified atom stereocenters. The molecule has 0 bridgehead atoms. The fourth-order valence-electron chi connectivity index (χ4n) is 3.22. The lowest BCUT2D eigenvalue weighted by molar-refractivity contribution is -0.160. The van der Waals surface area contributed by atoms with E-state index in [0.29, 0.717) is 18.8 Å². The van der Waals surface area contributed by atoms with Gasteiger partial charge >= 0.3 is 12.1 Å². The standard InChI is InChI=1S/C18H21F3N2O7S/c1-11(16(24)22-10-18(19,20)21)30-17(25)13-3-2-6-23(13)31(26,27)12-4-5-14-15(9-12)29-8-7-28-14/h4-5,9,11,13H,2-3,6-8,10H2,1H3,(H,22,24)/t11-,13-/m1/s1. The molecule has 13 heteroatoms. The zero-order valence-corrected chi connectivity index (χ0v) is 17.3. The van der Waals surface area contributed by atoms with Gasteiger partial charge in [0.2, 0.25) is 10.0 Å². The summed E-state index contributed by atoms with van der Waals surface area (Å²) in [4.78, 5) is 24.1. The first-order valence-corrected chi connectivity index (χ1v) is 10.9. The van der Waals surface area contributed by atoms with Gasteiger partial charge in [0.25, 0.3) is 5.91 Å². The molecule has 31 heavy (non-hydrogen) atoms. The van der Waals surface area contributed by atoms with Crippen LogP contribution in [0.15, 0.2) is 23.1 Å². The van der Waals surface area contributed by atoms with E-state index in [1.165, 1.54) is 18.2 Å². The molecule has 1 aromatic rings. The summed E-state index contributed by atoms with van der Waals surface area (Å²) in [5, 5.41) is 1.62. The largest absolute Gasteiger partial charge is 0.486 e. The number of carbonyl (C=O) groups is 2. The smallest absolute Gasteiger partial charge is 0.405 e. The van der Waals surface area contributed by atoms with Crippen LogP contribution in [-0.2, 0) is 24.3 Å². The van der Waals surface area contributed by atoms with Gasteiger partial charge < -0.3 is 19.5 Å². The number of amides is 1. The molecule has 0 saturated carbocycles. The second-order valence-corrected chi connectivity index (χ2v) is 8.88. The highest BCUT2D eigenvalue weighted by molar-refractivity contribution is 7.89. The third-order valence-corrected chi connectivity index (χ3v) is 6.63. The molecule has 1 saturated heterocycles. The predicted molar refractivity (Wildman–Crippen MR) is 99.0 cm³/mol. The van der Waals surface area contributed by atoms with Crippen molar-refractivity contribution in [2.24, 2.45) is 0 Å². The summed E-state index contributed by atoms with van der Waals surface area (Å²) < 4.78 is 79.5. The second-order valence-electron chi connectivity index (χ2n) is 6.99. The summed E-state index contributed by atoms with van der Waals surface area (Å²) in [7, 11) is -4.10. The first-order chi connectivity index (χ1) is 14.5. The lowest BCUT2D eigenvalue weighted by Crippen LogP contribution is -2.45. The van der Waals surface area contributed by atoms with E-state index in [2.05, 4.69) is 0 Å². The molecule has 172 valence electrons. The van der Waals surface area contributed by atoms with Crippen molar-refractivity contribution in [3.63, 3.8) is 0 Å². The maximum absolute atomic E-state index is 13.1. The van der Waals surface area contributed by atoms with E-state index in [1.54, 1.807) is 5.32 Å². The molecule has 1 aromatic carbocycles. The topological polar surface area (TPSA) is 111 Å². The molecule has 1 N–H and O–H groups in total. The van der Waals surface area contributed by atoms with Crippen LogP contribution in [0.3, 0.4) is 0 Å². The fourth-order valence-corrected chi connectivity index (χ4v) is 4.88. The van der Waals surface area contributed by atoms with Crippen molar-refractivity contribution in [3.8, 4) is 11.5 Å². The highest BCUT2D eigenvalue weighted by Crippen LogP contribution is 2.35. The number of hydrogen-bond acceptors (Lipinski definition) is 7. The number of ether oxygens (including phenoxy) is 3. The molecule has 1 fully saturated rings. The maximum Gasteiger partial charge on any atom is 0.405 e. The summed E-state index contributed by atoms with van der Waals surface area (Å²) in [6, 6.07) is 2.89. The van der Waals surface area contributed by atoms with Crippen molar-refractivity contribution < 1.29 is 45.4 Å². The summed E-state index contributed by atoms with van der Waals surface area (Å²) in [5.41, 5.74) is 0. The third kappa shape index (κ3) is 5.39. The monoisotopic (exact) mass is 466 g/mol. The summed E-state index contributed by atoms with van der Waals surface area (Å²) >= 11 is 0. The van der Waals surface area contributed by atoms with Gasteiger partial charge in [-0.25, -0.2) is 8.42 Å². The van der Waals surface area contributed by atoms with Gasteiger partial charge in [-0.1, -0.05) is 0 Å². The molecule has 0 radical (unpaired) electrons. The molecule has 2 aliphatic heterocycles. The summed E-state index contributed by atoms with van der Waals surface area (Å²) in [6.45, 7) is 0.197. The Hall–Kier alpha value is -2.54. The van der Waals surface area contributed by atoms with E-state index in [9.17, 15) is 31.2 Å². The van der Waals surface area contributed by atoms with Crippen LogP contribution in [0.4, 0.5) is 13.2 Å². The van der Waals surface area contributed by atoms with Gasteiger partial charge in [0.1, 0.15) is 25.8 Å². The minimum Gasteiger partial charge on any atom is -0.486 e. The maximum atomic E-state index is 13.1. The number of nitrogens with one attached hydrogen (secondary N) is 1.